The lowest BCUT2D eigenvalue weighted by Gasteiger charge is -2.07. The van der Waals surface area contributed by atoms with Crippen molar-refractivity contribution in [1.82, 2.24) is 15.2 Å². The zero-order valence-electron chi connectivity index (χ0n) is 12.2. The predicted octanol–water partition coefficient (Wildman–Crippen LogP) is 1.39. The molecule has 0 fully saturated rings. The number of nitrogens with one attached hydrogen (secondary N) is 2. The van der Waals surface area contributed by atoms with Crippen LogP contribution in [0.15, 0.2) is 52.2 Å². The highest BCUT2D eigenvalue weighted by molar-refractivity contribution is 7.89. The van der Waals surface area contributed by atoms with E-state index in [1.165, 1.54) is 6.07 Å². The Morgan fingerprint density at radius 3 is 2.13 bits per heavy atom. The maximum Gasteiger partial charge on any atom is 0.340 e. The molecule has 23 heavy (non-hydrogen) atoms. The molecule has 0 atom stereocenters. The largest absolute Gasteiger partial charge is 0.340 e. The van der Waals surface area contributed by atoms with Crippen molar-refractivity contribution in [3.05, 3.63) is 58.5 Å². The highest BCUT2D eigenvalue weighted by atomic mass is 32.2. The van der Waals surface area contributed by atoms with Gasteiger partial charge in [-0.05, 0) is 29.7 Å². The van der Waals surface area contributed by atoms with Crippen molar-refractivity contribution in [3.8, 4) is 22.5 Å². The van der Waals surface area contributed by atoms with Crippen molar-refractivity contribution >= 4 is 10.0 Å². The van der Waals surface area contributed by atoms with Gasteiger partial charge in [-0.1, -0.05) is 36.4 Å². The van der Waals surface area contributed by atoms with Crippen molar-refractivity contribution in [1.29, 1.82) is 0 Å². The number of H-pyrrole nitrogens is 2. The topological polar surface area (TPSA) is 122 Å². The van der Waals surface area contributed by atoms with Gasteiger partial charge in [0.05, 0.1) is 4.90 Å². The summed E-state index contributed by atoms with van der Waals surface area (Å²) >= 11 is 0. The number of nitrogens with zero attached hydrogens (tertiary/aromatic N) is 1. The van der Waals surface area contributed by atoms with Crippen LogP contribution in [-0.2, 0) is 10.0 Å². The number of hydrogen-bond acceptors (Lipinski definition) is 4. The molecule has 7 nitrogen and oxygen atoms in total. The molecule has 0 unspecified atom stereocenters. The van der Waals surface area contributed by atoms with Crippen LogP contribution in [0, 0.1) is 6.92 Å². The van der Waals surface area contributed by atoms with Crippen molar-refractivity contribution in [2.75, 3.05) is 0 Å². The standard InChI is InChI=1S/C15H14N4O3S/c1-9-8-12(6-7-13(9)23(16,21)22)10-2-4-11(5-3-10)14-17-15(20)19-18-14/h2-8H,1H3,(H2,16,21,22)(H2,17,18,19,20). The average molecular weight is 330 g/mol. The minimum absolute atomic E-state index is 0.118. The first kappa shape index (κ1) is 15.2. The summed E-state index contributed by atoms with van der Waals surface area (Å²) in [7, 11) is -3.72. The fourth-order valence-corrected chi connectivity index (χ4v) is 3.14. The molecule has 2 aromatic carbocycles. The van der Waals surface area contributed by atoms with E-state index in [2.05, 4.69) is 15.2 Å². The molecule has 3 aromatic rings. The van der Waals surface area contributed by atoms with Gasteiger partial charge in [0, 0.05) is 5.56 Å². The second-order valence-electron chi connectivity index (χ2n) is 5.13. The summed E-state index contributed by atoms with van der Waals surface area (Å²) in [6.45, 7) is 1.70. The van der Waals surface area contributed by atoms with E-state index < -0.39 is 10.0 Å². The minimum atomic E-state index is -3.72. The monoisotopic (exact) mass is 330 g/mol. The highest BCUT2D eigenvalue weighted by Gasteiger charge is 2.12. The normalized spacial score (nSPS) is 11.6. The van der Waals surface area contributed by atoms with Crippen LogP contribution in [0.4, 0.5) is 0 Å². The van der Waals surface area contributed by atoms with E-state index in [-0.39, 0.29) is 10.6 Å². The second-order valence-corrected chi connectivity index (χ2v) is 6.66. The molecule has 0 aliphatic rings. The van der Waals surface area contributed by atoms with Gasteiger partial charge < -0.3 is 0 Å². The number of hydrogen-bond donors (Lipinski definition) is 3. The minimum Gasteiger partial charge on any atom is -0.289 e. The lowest BCUT2D eigenvalue weighted by atomic mass is 10.0. The zero-order chi connectivity index (χ0) is 16.6. The number of aromatic nitrogens is 3. The first-order valence-electron chi connectivity index (χ1n) is 6.73. The van der Waals surface area contributed by atoms with Crippen LogP contribution in [-0.4, -0.2) is 23.6 Å². The second kappa shape index (κ2) is 5.49. The van der Waals surface area contributed by atoms with E-state index >= 15 is 0 Å². The van der Waals surface area contributed by atoms with Crippen LogP contribution in [0.3, 0.4) is 0 Å². The molecule has 0 spiro atoms. The molecule has 0 saturated carbocycles. The van der Waals surface area contributed by atoms with Gasteiger partial charge >= 0.3 is 5.69 Å². The van der Waals surface area contributed by atoms with E-state index in [4.69, 9.17) is 5.14 Å². The van der Waals surface area contributed by atoms with Crippen molar-refractivity contribution in [2.45, 2.75) is 11.8 Å². The third-order valence-corrected chi connectivity index (χ3v) is 4.55. The Morgan fingerprint density at radius 1 is 1.00 bits per heavy atom. The summed E-state index contributed by atoms with van der Waals surface area (Å²) in [6.07, 6.45) is 0. The summed E-state index contributed by atoms with van der Waals surface area (Å²) in [5.74, 6) is 0.460. The van der Waals surface area contributed by atoms with Gasteiger partial charge in [-0.2, -0.15) is 5.10 Å². The summed E-state index contributed by atoms with van der Waals surface area (Å²) < 4.78 is 22.9. The summed E-state index contributed by atoms with van der Waals surface area (Å²) in [5, 5.41) is 11.3. The number of benzene rings is 2. The first-order chi connectivity index (χ1) is 10.8. The fourth-order valence-electron chi connectivity index (χ4n) is 2.38. The Balaban J connectivity index is 1.97. The lowest BCUT2D eigenvalue weighted by Crippen LogP contribution is -2.13. The predicted molar refractivity (Wildman–Crippen MR) is 86.2 cm³/mol. The summed E-state index contributed by atoms with van der Waals surface area (Å²) in [4.78, 5) is 13.8. The quantitative estimate of drug-likeness (QED) is 0.671. The van der Waals surface area contributed by atoms with Gasteiger partial charge in [-0.15, -0.1) is 0 Å². The van der Waals surface area contributed by atoms with Gasteiger partial charge in [0.15, 0.2) is 5.82 Å². The first-order valence-corrected chi connectivity index (χ1v) is 8.28. The molecule has 0 bridgehead atoms. The van der Waals surface area contributed by atoms with E-state index in [1.54, 1.807) is 19.1 Å². The lowest BCUT2D eigenvalue weighted by molar-refractivity contribution is 0.597. The average Bonchev–Trinajstić information content (AvgIpc) is 2.92. The number of aryl methyl sites for hydroxylation is 1. The number of sulfonamides is 1. The third kappa shape index (κ3) is 3.08. The maximum absolute atomic E-state index is 11.4. The van der Waals surface area contributed by atoms with Crippen LogP contribution in [0.2, 0.25) is 0 Å². The van der Waals surface area contributed by atoms with Crippen molar-refractivity contribution in [3.63, 3.8) is 0 Å². The molecule has 118 valence electrons. The number of primary sulfonamides is 1. The van der Waals surface area contributed by atoms with Crippen LogP contribution in [0.1, 0.15) is 5.56 Å². The van der Waals surface area contributed by atoms with E-state index in [1.807, 2.05) is 24.3 Å². The van der Waals surface area contributed by atoms with Crippen molar-refractivity contribution < 1.29 is 8.42 Å². The van der Waals surface area contributed by atoms with Crippen LogP contribution < -0.4 is 10.8 Å². The number of aromatic amines is 2. The van der Waals surface area contributed by atoms with Gasteiger partial charge in [0.25, 0.3) is 0 Å². The van der Waals surface area contributed by atoms with Crippen LogP contribution >= 0.6 is 0 Å². The smallest absolute Gasteiger partial charge is 0.289 e. The molecule has 1 heterocycles. The van der Waals surface area contributed by atoms with E-state index in [0.29, 0.717) is 11.4 Å². The summed E-state index contributed by atoms with van der Waals surface area (Å²) in [6, 6.07) is 12.4. The Labute approximate surface area is 132 Å². The Bertz CT molecular complexity index is 1020. The molecule has 0 radical (unpaired) electrons. The molecule has 3 rings (SSSR count). The fraction of sp³-hybridized carbons (Fsp3) is 0.0667. The van der Waals surface area contributed by atoms with Gasteiger partial charge in [-0.3, -0.25) is 4.98 Å². The SMILES string of the molecule is Cc1cc(-c2ccc(-c3n[nH]c(=O)[nH]3)cc2)ccc1S(N)(=O)=O. The number of rotatable bonds is 3. The molecule has 0 aliphatic heterocycles. The Kier molecular flexibility index (Phi) is 3.63. The molecular formula is C15H14N4O3S. The Morgan fingerprint density at radius 2 is 1.61 bits per heavy atom. The summed E-state index contributed by atoms with van der Waals surface area (Å²) in [5.41, 5.74) is 2.78. The molecule has 0 aliphatic carbocycles. The maximum atomic E-state index is 11.4. The zero-order valence-corrected chi connectivity index (χ0v) is 13.0. The molecule has 8 heteroatoms. The van der Waals surface area contributed by atoms with Gasteiger partial charge in [-0.25, -0.2) is 23.4 Å². The molecule has 4 N–H and O–H groups in total. The molecule has 0 saturated heterocycles. The van der Waals surface area contributed by atoms with E-state index in [0.717, 1.165) is 16.7 Å². The molecule has 1 aromatic heterocycles. The van der Waals surface area contributed by atoms with Crippen LogP contribution in [0.25, 0.3) is 22.5 Å². The molecular weight excluding hydrogens is 316 g/mol. The Hall–Kier alpha value is -2.71. The van der Waals surface area contributed by atoms with Gasteiger partial charge in [0.1, 0.15) is 0 Å². The van der Waals surface area contributed by atoms with Crippen LogP contribution in [0.5, 0.6) is 0 Å². The molecule has 0 amide bonds. The third-order valence-electron chi connectivity index (χ3n) is 3.47. The van der Waals surface area contributed by atoms with Crippen molar-refractivity contribution in [2.24, 2.45) is 5.14 Å². The number of nitrogens with two attached hydrogens (primary N) is 1. The highest BCUT2D eigenvalue weighted by Crippen LogP contribution is 2.25. The van der Waals surface area contributed by atoms with Gasteiger partial charge in [0.2, 0.25) is 10.0 Å². The van der Waals surface area contributed by atoms with E-state index in [9.17, 15) is 13.2 Å².